The van der Waals surface area contributed by atoms with Gasteiger partial charge in [0.1, 0.15) is 5.75 Å². The predicted molar refractivity (Wildman–Crippen MR) is 74.1 cm³/mol. The lowest BCUT2D eigenvalue weighted by atomic mass is 9.90. The molecule has 96 valence electrons. The lowest BCUT2D eigenvalue weighted by Gasteiger charge is -2.24. The normalized spacial score (nSPS) is 26.2. The molecule has 0 spiro atoms. The summed E-state index contributed by atoms with van der Waals surface area (Å²) in [5, 5.41) is 3.47. The van der Waals surface area contributed by atoms with Crippen LogP contribution < -0.4 is 10.1 Å². The minimum atomic E-state index is 0.558. The average molecular weight is 243 g/mol. The molecule has 0 aliphatic carbocycles. The van der Waals surface area contributed by atoms with Gasteiger partial charge >= 0.3 is 0 Å². The van der Waals surface area contributed by atoms with Crippen molar-refractivity contribution in [3.63, 3.8) is 0 Å². The third kappa shape index (κ3) is 2.59. The Morgan fingerprint density at radius 2 is 2.11 bits per heavy atom. The number of para-hydroxylation sites is 1. The SMILES string of the molecule is C(=C1\CCCNCC1)/C1CCOc2ccccc21. The van der Waals surface area contributed by atoms with Crippen LogP contribution in [0.2, 0.25) is 0 Å². The van der Waals surface area contributed by atoms with Crippen LogP contribution in [0.4, 0.5) is 0 Å². The van der Waals surface area contributed by atoms with Crippen molar-refractivity contribution in [3.05, 3.63) is 41.5 Å². The van der Waals surface area contributed by atoms with E-state index in [1.807, 2.05) is 0 Å². The van der Waals surface area contributed by atoms with Gasteiger partial charge in [-0.1, -0.05) is 29.8 Å². The molecule has 0 bridgehead atoms. The molecular formula is C16H21NO. The third-order valence-electron chi connectivity index (χ3n) is 3.92. The Balaban J connectivity index is 1.82. The summed E-state index contributed by atoms with van der Waals surface area (Å²) in [7, 11) is 0. The number of benzene rings is 1. The molecule has 2 aliphatic heterocycles. The van der Waals surface area contributed by atoms with Crippen molar-refractivity contribution in [2.24, 2.45) is 0 Å². The summed E-state index contributed by atoms with van der Waals surface area (Å²) in [6.07, 6.45) is 7.37. The second-order valence-corrected chi connectivity index (χ2v) is 5.21. The Morgan fingerprint density at radius 3 is 3.11 bits per heavy atom. The van der Waals surface area contributed by atoms with Crippen molar-refractivity contribution in [2.75, 3.05) is 19.7 Å². The molecule has 2 nitrogen and oxygen atoms in total. The van der Waals surface area contributed by atoms with Gasteiger partial charge in [0.15, 0.2) is 0 Å². The molecule has 2 heteroatoms. The Bertz CT molecular complexity index is 428. The van der Waals surface area contributed by atoms with E-state index in [0.29, 0.717) is 5.92 Å². The minimum Gasteiger partial charge on any atom is -0.493 e. The molecule has 0 aromatic heterocycles. The maximum Gasteiger partial charge on any atom is 0.123 e. The van der Waals surface area contributed by atoms with Crippen LogP contribution in [-0.4, -0.2) is 19.7 Å². The number of allylic oxidation sites excluding steroid dienone is 1. The average Bonchev–Trinajstić information content (AvgIpc) is 2.68. The Labute approximate surface area is 109 Å². The van der Waals surface area contributed by atoms with Crippen LogP contribution in [-0.2, 0) is 0 Å². The monoisotopic (exact) mass is 243 g/mol. The van der Waals surface area contributed by atoms with Gasteiger partial charge in [-0.15, -0.1) is 0 Å². The van der Waals surface area contributed by atoms with Crippen LogP contribution in [0.5, 0.6) is 5.75 Å². The van der Waals surface area contributed by atoms with Gasteiger partial charge in [-0.05, 0) is 44.8 Å². The summed E-state index contributed by atoms with van der Waals surface area (Å²) in [6, 6.07) is 8.48. The number of ether oxygens (including phenoxy) is 1. The first kappa shape index (κ1) is 11.8. The predicted octanol–water partition coefficient (Wildman–Crippen LogP) is 3.25. The summed E-state index contributed by atoms with van der Waals surface area (Å²) in [5.41, 5.74) is 3.00. The largest absolute Gasteiger partial charge is 0.493 e. The zero-order chi connectivity index (χ0) is 12.2. The van der Waals surface area contributed by atoms with E-state index in [4.69, 9.17) is 4.74 Å². The molecule has 1 saturated heterocycles. The van der Waals surface area contributed by atoms with E-state index in [9.17, 15) is 0 Å². The molecule has 0 saturated carbocycles. The van der Waals surface area contributed by atoms with Crippen LogP contribution in [0.3, 0.4) is 0 Å². The quantitative estimate of drug-likeness (QED) is 0.764. The van der Waals surface area contributed by atoms with Gasteiger partial charge in [-0.3, -0.25) is 0 Å². The molecule has 0 amide bonds. The van der Waals surface area contributed by atoms with Gasteiger partial charge in [0.05, 0.1) is 6.61 Å². The Kier molecular flexibility index (Phi) is 3.65. The van der Waals surface area contributed by atoms with Gasteiger partial charge in [0.2, 0.25) is 0 Å². The molecule has 1 atom stereocenters. The van der Waals surface area contributed by atoms with Crippen molar-refractivity contribution < 1.29 is 4.74 Å². The first-order chi connectivity index (χ1) is 8.93. The van der Waals surface area contributed by atoms with Gasteiger partial charge in [0.25, 0.3) is 0 Å². The summed E-state index contributed by atoms with van der Waals surface area (Å²) in [4.78, 5) is 0. The van der Waals surface area contributed by atoms with Crippen LogP contribution in [0, 0.1) is 0 Å². The molecule has 2 aliphatic rings. The van der Waals surface area contributed by atoms with E-state index < -0.39 is 0 Å². The smallest absolute Gasteiger partial charge is 0.123 e. The fraction of sp³-hybridized carbons (Fsp3) is 0.500. The van der Waals surface area contributed by atoms with Crippen LogP contribution in [0.15, 0.2) is 35.9 Å². The zero-order valence-corrected chi connectivity index (χ0v) is 10.8. The molecule has 18 heavy (non-hydrogen) atoms. The summed E-state index contributed by atoms with van der Waals surface area (Å²) >= 11 is 0. The maximum absolute atomic E-state index is 5.73. The standard InChI is InChI=1S/C16H21NO/c1-2-6-16-15(5-1)14(8-11-18-16)12-13-4-3-9-17-10-7-13/h1-2,5-6,12,14,17H,3-4,7-11H2/b13-12-. The van der Waals surface area contributed by atoms with Gasteiger partial charge in [-0.25, -0.2) is 0 Å². The molecule has 3 rings (SSSR count). The van der Waals surface area contributed by atoms with Crippen molar-refractivity contribution in [1.29, 1.82) is 0 Å². The van der Waals surface area contributed by atoms with E-state index in [1.54, 1.807) is 5.57 Å². The number of fused-ring (bicyclic) bond motifs is 1. The van der Waals surface area contributed by atoms with Gasteiger partial charge in [-0.2, -0.15) is 0 Å². The van der Waals surface area contributed by atoms with E-state index in [0.717, 1.165) is 25.3 Å². The zero-order valence-electron chi connectivity index (χ0n) is 10.8. The van der Waals surface area contributed by atoms with Crippen molar-refractivity contribution in [2.45, 2.75) is 31.6 Å². The van der Waals surface area contributed by atoms with Crippen LogP contribution in [0.1, 0.15) is 37.2 Å². The number of nitrogens with one attached hydrogen (secondary N) is 1. The first-order valence-corrected chi connectivity index (χ1v) is 7.05. The highest BCUT2D eigenvalue weighted by Crippen LogP contribution is 2.35. The van der Waals surface area contributed by atoms with Gasteiger partial charge < -0.3 is 10.1 Å². The fourth-order valence-electron chi connectivity index (χ4n) is 2.93. The fourth-order valence-corrected chi connectivity index (χ4v) is 2.93. The first-order valence-electron chi connectivity index (χ1n) is 7.05. The van der Waals surface area contributed by atoms with Crippen molar-refractivity contribution in [3.8, 4) is 5.75 Å². The number of rotatable bonds is 1. The topological polar surface area (TPSA) is 21.3 Å². The number of hydrogen-bond acceptors (Lipinski definition) is 2. The molecular weight excluding hydrogens is 222 g/mol. The van der Waals surface area contributed by atoms with Crippen LogP contribution >= 0.6 is 0 Å². The highest BCUT2D eigenvalue weighted by molar-refractivity contribution is 5.40. The van der Waals surface area contributed by atoms with Crippen molar-refractivity contribution in [1.82, 2.24) is 5.32 Å². The van der Waals surface area contributed by atoms with Crippen LogP contribution in [0.25, 0.3) is 0 Å². The molecule has 2 heterocycles. The lowest BCUT2D eigenvalue weighted by Crippen LogP contribution is -2.14. The molecule has 1 fully saturated rings. The molecule has 1 aromatic rings. The third-order valence-corrected chi connectivity index (χ3v) is 3.92. The van der Waals surface area contributed by atoms with E-state index in [1.165, 1.54) is 31.4 Å². The minimum absolute atomic E-state index is 0.558. The maximum atomic E-state index is 5.73. The summed E-state index contributed by atoms with van der Waals surface area (Å²) in [5.74, 6) is 1.64. The van der Waals surface area contributed by atoms with E-state index >= 15 is 0 Å². The van der Waals surface area contributed by atoms with E-state index in [-0.39, 0.29) is 0 Å². The molecule has 1 N–H and O–H groups in total. The molecule has 0 radical (unpaired) electrons. The number of hydrogen-bond donors (Lipinski definition) is 1. The highest BCUT2D eigenvalue weighted by Gasteiger charge is 2.19. The molecule has 1 unspecified atom stereocenters. The summed E-state index contributed by atoms with van der Waals surface area (Å²) in [6.45, 7) is 3.15. The Morgan fingerprint density at radius 1 is 1.17 bits per heavy atom. The van der Waals surface area contributed by atoms with Crippen molar-refractivity contribution >= 4 is 0 Å². The molecule has 1 aromatic carbocycles. The van der Waals surface area contributed by atoms with E-state index in [2.05, 4.69) is 35.7 Å². The Hall–Kier alpha value is -1.28. The highest BCUT2D eigenvalue weighted by atomic mass is 16.5. The van der Waals surface area contributed by atoms with Gasteiger partial charge in [0, 0.05) is 11.5 Å². The second-order valence-electron chi connectivity index (χ2n) is 5.21. The summed E-state index contributed by atoms with van der Waals surface area (Å²) < 4.78 is 5.73. The lowest BCUT2D eigenvalue weighted by molar-refractivity contribution is 0.278. The second kappa shape index (κ2) is 5.57.